The molecule has 0 saturated heterocycles. The monoisotopic (exact) mass is 371 g/mol. The van der Waals surface area contributed by atoms with Crippen molar-refractivity contribution in [2.75, 3.05) is 0 Å². The Balaban J connectivity index is 1.65. The van der Waals surface area contributed by atoms with E-state index in [0.29, 0.717) is 16.5 Å². The molecule has 1 amide bonds. The van der Waals surface area contributed by atoms with Gasteiger partial charge in [-0.05, 0) is 25.8 Å². The predicted molar refractivity (Wildman–Crippen MR) is 101 cm³/mol. The zero-order valence-electron chi connectivity index (χ0n) is 15.7. The van der Waals surface area contributed by atoms with Gasteiger partial charge in [0.05, 0.1) is 17.5 Å². The fraction of sp³-hybridized carbons (Fsp3) is 0.500. The smallest absolute Gasteiger partial charge is 0.312 e. The number of benzene rings is 1. The van der Waals surface area contributed by atoms with Crippen LogP contribution in [0.2, 0.25) is 0 Å². The van der Waals surface area contributed by atoms with Crippen LogP contribution in [0, 0.1) is 0 Å². The van der Waals surface area contributed by atoms with Gasteiger partial charge in [-0.15, -0.1) is 0 Å². The summed E-state index contributed by atoms with van der Waals surface area (Å²) in [6.07, 6.45) is 4.42. The van der Waals surface area contributed by atoms with Crippen LogP contribution in [0.5, 0.6) is 0 Å². The number of hydrogen-bond acceptors (Lipinski definition) is 5. The largest absolute Gasteiger partial charge is 0.452 e. The highest BCUT2D eigenvalue weighted by Gasteiger charge is 2.23. The third kappa shape index (κ3) is 4.53. The number of hydrogen-bond donors (Lipinski definition) is 1. The van der Waals surface area contributed by atoms with E-state index in [4.69, 9.17) is 4.74 Å². The molecule has 1 heterocycles. The molecule has 3 rings (SSSR count). The van der Waals surface area contributed by atoms with E-state index in [9.17, 15) is 14.4 Å². The number of nitrogens with one attached hydrogen (secondary N) is 1. The van der Waals surface area contributed by atoms with E-state index in [2.05, 4.69) is 10.4 Å². The van der Waals surface area contributed by atoms with Crippen molar-refractivity contribution in [2.24, 2.45) is 7.05 Å². The first-order valence-corrected chi connectivity index (χ1v) is 9.40. The standard InChI is InChI=1S/C20H25N3O4/c1-13(19(25)21-14-8-4-3-5-9-14)27-18(24)12-17-15-10-6-7-11-16(15)20(26)23(2)22-17/h6-7,10-11,13-14H,3-5,8-9,12H2,1-2H3,(H,21,25). The second-order valence-electron chi connectivity index (χ2n) is 7.07. The maximum atomic E-state index is 12.3. The van der Waals surface area contributed by atoms with Gasteiger partial charge in [-0.2, -0.15) is 5.10 Å². The molecule has 7 nitrogen and oxygen atoms in total. The van der Waals surface area contributed by atoms with Crippen LogP contribution < -0.4 is 10.9 Å². The molecule has 1 aromatic carbocycles. The summed E-state index contributed by atoms with van der Waals surface area (Å²) in [6, 6.07) is 7.18. The molecular formula is C20H25N3O4. The zero-order chi connectivity index (χ0) is 19.4. The van der Waals surface area contributed by atoms with Crippen LogP contribution in [0.3, 0.4) is 0 Å². The van der Waals surface area contributed by atoms with E-state index in [1.807, 2.05) is 0 Å². The maximum absolute atomic E-state index is 12.3. The van der Waals surface area contributed by atoms with Gasteiger partial charge in [0.1, 0.15) is 0 Å². The number of aryl methyl sites for hydroxylation is 1. The summed E-state index contributed by atoms with van der Waals surface area (Å²) in [7, 11) is 1.55. The zero-order valence-corrected chi connectivity index (χ0v) is 15.7. The number of carbonyl (C=O) groups excluding carboxylic acids is 2. The van der Waals surface area contributed by atoms with Crippen LogP contribution in [0.15, 0.2) is 29.1 Å². The summed E-state index contributed by atoms with van der Waals surface area (Å²) in [5.74, 6) is -0.814. The number of fused-ring (bicyclic) bond motifs is 1. The van der Waals surface area contributed by atoms with E-state index >= 15 is 0 Å². The Kier molecular flexibility index (Phi) is 5.88. The Hall–Kier alpha value is -2.70. The van der Waals surface area contributed by atoms with Crippen LogP contribution in [-0.4, -0.2) is 33.8 Å². The van der Waals surface area contributed by atoms with Crippen LogP contribution in [0.25, 0.3) is 10.8 Å². The van der Waals surface area contributed by atoms with Crippen molar-refractivity contribution in [3.63, 3.8) is 0 Å². The van der Waals surface area contributed by atoms with Gasteiger partial charge in [0.2, 0.25) is 0 Å². The average Bonchev–Trinajstić information content (AvgIpc) is 2.66. The van der Waals surface area contributed by atoms with E-state index in [1.54, 1.807) is 38.2 Å². The molecule has 0 bridgehead atoms. The molecule has 0 spiro atoms. The summed E-state index contributed by atoms with van der Waals surface area (Å²) in [4.78, 5) is 36.7. The number of aromatic nitrogens is 2. The Morgan fingerprint density at radius 2 is 1.89 bits per heavy atom. The first-order chi connectivity index (χ1) is 13.0. The average molecular weight is 371 g/mol. The lowest BCUT2D eigenvalue weighted by molar-refractivity contribution is -0.154. The third-order valence-electron chi connectivity index (χ3n) is 4.97. The number of rotatable bonds is 5. The topological polar surface area (TPSA) is 90.3 Å². The van der Waals surface area contributed by atoms with Gasteiger partial charge in [0.25, 0.3) is 11.5 Å². The van der Waals surface area contributed by atoms with Gasteiger partial charge in [0, 0.05) is 18.5 Å². The second-order valence-corrected chi connectivity index (χ2v) is 7.07. The summed E-state index contributed by atoms with van der Waals surface area (Å²) in [5, 5.41) is 8.27. The highest BCUT2D eigenvalue weighted by molar-refractivity contribution is 5.88. The lowest BCUT2D eigenvalue weighted by atomic mass is 9.95. The van der Waals surface area contributed by atoms with Gasteiger partial charge in [-0.3, -0.25) is 14.4 Å². The Labute approximate surface area is 157 Å². The number of nitrogens with zero attached hydrogens (tertiary/aromatic N) is 2. The molecule has 144 valence electrons. The summed E-state index contributed by atoms with van der Waals surface area (Å²) >= 11 is 0. The van der Waals surface area contributed by atoms with Crippen molar-refractivity contribution in [2.45, 2.75) is 57.6 Å². The minimum atomic E-state index is -0.863. The van der Waals surface area contributed by atoms with E-state index in [-0.39, 0.29) is 23.9 Å². The minimum absolute atomic E-state index is 0.102. The van der Waals surface area contributed by atoms with Crippen molar-refractivity contribution >= 4 is 22.6 Å². The van der Waals surface area contributed by atoms with Crippen LogP contribution >= 0.6 is 0 Å². The normalized spacial score (nSPS) is 16.1. The molecule has 1 aliphatic carbocycles. The number of carbonyl (C=O) groups is 2. The first kappa shape index (κ1) is 19.1. The van der Waals surface area contributed by atoms with Crippen molar-refractivity contribution in [1.82, 2.24) is 15.1 Å². The van der Waals surface area contributed by atoms with Gasteiger partial charge in [-0.1, -0.05) is 37.5 Å². The molecule has 27 heavy (non-hydrogen) atoms. The molecule has 1 atom stereocenters. The molecule has 0 aliphatic heterocycles. The maximum Gasteiger partial charge on any atom is 0.312 e. The van der Waals surface area contributed by atoms with Gasteiger partial charge >= 0.3 is 5.97 Å². The summed E-state index contributed by atoms with van der Waals surface area (Å²) < 4.78 is 6.51. The lowest BCUT2D eigenvalue weighted by Crippen LogP contribution is -2.43. The minimum Gasteiger partial charge on any atom is -0.452 e. The Morgan fingerprint density at radius 1 is 1.22 bits per heavy atom. The van der Waals surface area contributed by atoms with Crippen molar-refractivity contribution in [3.8, 4) is 0 Å². The van der Waals surface area contributed by atoms with Crippen LogP contribution in [0.4, 0.5) is 0 Å². The van der Waals surface area contributed by atoms with Crippen LogP contribution in [0.1, 0.15) is 44.7 Å². The quantitative estimate of drug-likeness (QED) is 0.810. The van der Waals surface area contributed by atoms with Gasteiger partial charge in [0.15, 0.2) is 6.10 Å². The van der Waals surface area contributed by atoms with Gasteiger partial charge < -0.3 is 10.1 Å². The summed E-state index contributed by atoms with van der Waals surface area (Å²) in [5.41, 5.74) is 0.237. The molecule has 1 aliphatic rings. The fourth-order valence-corrected chi connectivity index (χ4v) is 3.50. The Bertz CT molecular complexity index is 900. The third-order valence-corrected chi connectivity index (χ3v) is 4.97. The second kappa shape index (κ2) is 8.33. The van der Waals surface area contributed by atoms with E-state index in [1.165, 1.54) is 11.1 Å². The molecule has 2 aromatic rings. The predicted octanol–water partition coefficient (Wildman–Crippen LogP) is 1.86. The highest BCUT2D eigenvalue weighted by atomic mass is 16.5. The van der Waals surface area contributed by atoms with Gasteiger partial charge in [-0.25, -0.2) is 4.68 Å². The number of esters is 1. The molecule has 1 saturated carbocycles. The molecule has 1 unspecified atom stereocenters. The van der Waals surface area contributed by atoms with Crippen molar-refractivity contribution in [1.29, 1.82) is 0 Å². The number of ether oxygens (including phenoxy) is 1. The van der Waals surface area contributed by atoms with Crippen molar-refractivity contribution in [3.05, 3.63) is 40.3 Å². The molecule has 1 N–H and O–H groups in total. The van der Waals surface area contributed by atoms with Crippen molar-refractivity contribution < 1.29 is 14.3 Å². The fourth-order valence-electron chi connectivity index (χ4n) is 3.50. The molecule has 7 heteroatoms. The number of amides is 1. The van der Waals surface area contributed by atoms with E-state index in [0.717, 1.165) is 25.7 Å². The SMILES string of the molecule is CC(OC(=O)Cc1nn(C)c(=O)c2ccccc12)C(=O)NC1CCCCC1. The Morgan fingerprint density at radius 3 is 2.59 bits per heavy atom. The summed E-state index contributed by atoms with van der Waals surface area (Å²) in [6.45, 7) is 1.57. The molecule has 1 aromatic heterocycles. The van der Waals surface area contributed by atoms with Crippen LogP contribution in [-0.2, 0) is 27.8 Å². The molecule has 0 radical (unpaired) electrons. The lowest BCUT2D eigenvalue weighted by Gasteiger charge is -2.24. The highest BCUT2D eigenvalue weighted by Crippen LogP contribution is 2.18. The molecular weight excluding hydrogens is 346 g/mol. The first-order valence-electron chi connectivity index (χ1n) is 9.40. The molecule has 1 fully saturated rings. The van der Waals surface area contributed by atoms with E-state index < -0.39 is 12.1 Å².